The highest BCUT2D eigenvalue weighted by Crippen LogP contribution is 2.31. The van der Waals surface area contributed by atoms with E-state index in [4.69, 9.17) is 23.8 Å². The van der Waals surface area contributed by atoms with Crippen molar-refractivity contribution in [1.82, 2.24) is 0 Å². The van der Waals surface area contributed by atoms with Crippen LogP contribution in [0.2, 0.25) is 5.02 Å². The van der Waals surface area contributed by atoms with Gasteiger partial charge in [0.05, 0.1) is 5.02 Å². The van der Waals surface area contributed by atoms with Gasteiger partial charge in [0.1, 0.15) is 4.99 Å². The van der Waals surface area contributed by atoms with Gasteiger partial charge in [0.15, 0.2) is 0 Å². The Hall–Kier alpha value is -0.810. The highest BCUT2D eigenvalue weighted by molar-refractivity contribution is 8.02. The van der Waals surface area contributed by atoms with Crippen molar-refractivity contribution in [1.29, 1.82) is 0 Å². The second-order valence-corrected chi connectivity index (χ2v) is 7.27. The molecule has 110 valence electrons. The molecular weight excluding hydrogens is 338 g/mol. The SMILES string of the molecule is CC/C=C/Sc1cc(NC(=S)c2ccsc2C)ccc1Cl. The van der Waals surface area contributed by atoms with Crippen molar-refractivity contribution < 1.29 is 0 Å². The van der Waals surface area contributed by atoms with Gasteiger partial charge >= 0.3 is 0 Å². The van der Waals surface area contributed by atoms with Crippen LogP contribution in [0, 0.1) is 6.92 Å². The monoisotopic (exact) mass is 353 g/mol. The van der Waals surface area contributed by atoms with Crippen LogP contribution < -0.4 is 5.32 Å². The molecule has 2 rings (SSSR count). The van der Waals surface area contributed by atoms with Crippen molar-refractivity contribution >= 4 is 57.6 Å². The lowest BCUT2D eigenvalue weighted by atomic mass is 10.2. The fourth-order valence-electron chi connectivity index (χ4n) is 1.71. The summed E-state index contributed by atoms with van der Waals surface area (Å²) in [5.74, 6) is 0. The standard InChI is InChI=1S/C16H16ClNS3/c1-3-4-8-21-15-10-12(5-6-14(15)17)18-16(19)13-7-9-20-11(13)2/h4-10H,3H2,1-2H3,(H,18,19)/b8-4+. The second kappa shape index (κ2) is 7.99. The molecule has 5 heteroatoms. The molecule has 0 unspecified atom stereocenters. The van der Waals surface area contributed by atoms with Crippen molar-refractivity contribution in [2.24, 2.45) is 0 Å². The Kier molecular flexibility index (Phi) is 6.30. The number of anilines is 1. The number of hydrogen-bond acceptors (Lipinski definition) is 3. The normalized spacial score (nSPS) is 11.0. The Morgan fingerprint density at radius 1 is 1.43 bits per heavy atom. The van der Waals surface area contributed by atoms with Crippen molar-refractivity contribution in [2.75, 3.05) is 5.32 Å². The summed E-state index contributed by atoms with van der Waals surface area (Å²) in [5.41, 5.74) is 2.05. The molecule has 0 saturated carbocycles. The summed E-state index contributed by atoms with van der Waals surface area (Å²) in [4.78, 5) is 2.99. The van der Waals surface area contributed by atoms with Gasteiger partial charge in [-0.2, -0.15) is 0 Å². The number of rotatable bonds is 5. The molecule has 0 saturated heterocycles. The van der Waals surface area contributed by atoms with E-state index in [9.17, 15) is 0 Å². The van der Waals surface area contributed by atoms with Gasteiger partial charge in [0.25, 0.3) is 0 Å². The molecule has 2 aromatic rings. The molecule has 1 N–H and O–H groups in total. The minimum Gasteiger partial charge on any atom is -0.346 e. The quantitative estimate of drug-likeness (QED) is 0.485. The molecule has 1 nitrogen and oxygen atoms in total. The lowest BCUT2D eigenvalue weighted by Gasteiger charge is -2.10. The van der Waals surface area contributed by atoms with Crippen LogP contribution in [0.5, 0.6) is 0 Å². The predicted molar refractivity (Wildman–Crippen MR) is 101 cm³/mol. The molecule has 1 heterocycles. The van der Waals surface area contributed by atoms with E-state index in [1.165, 1.54) is 4.88 Å². The molecule has 1 aromatic carbocycles. The van der Waals surface area contributed by atoms with Crippen LogP contribution in [-0.2, 0) is 0 Å². The van der Waals surface area contributed by atoms with E-state index in [2.05, 4.69) is 36.0 Å². The molecule has 0 radical (unpaired) electrons. The first-order valence-corrected chi connectivity index (χ1v) is 9.13. The number of aryl methyl sites for hydroxylation is 1. The molecule has 0 fully saturated rings. The number of halogens is 1. The Balaban J connectivity index is 2.14. The molecule has 0 aliphatic heterocycles. The summed E-state index contributed by atoms with van der Waals surface area (Å²) in [7, 11) is 0. The largest absolute Gasteiger partial charge is 0.346 e. The number of benzene rings is 1. The minimum atomic E-state index is 0.746. The predicted octanol–water partition coefficient (Wildman–Crippen LogP) is 6.51. The first-order chi connectivity index (χ1) is 10.1. The maximum atomic E-state index is 6.22. The Labute approximate surface area is 144 Å². The smallest absolute Gasteiger partial charge is 0.112 e. The van der Waals surface area contributed by atoms with Crippen molar-refractivity contribution in [3.05, 3.63) is 56.6 Å². The highest BCUT2D eigenvalue weighted by Gasteiger charge is 2.08. The molecule has 1 aromatic heterocycles. The van der Waals surface area contributed by atoms with Gasteiger partial charge in [0, 0.05) is 21.0 Å². The highest BCUT2D eigenvalue weighted by atomic mass is 35.5. The van der Waals surface area contributed by atoms with Crippen LogP contribution in [-0.4, -0.2) is 4.99 Å². The van der Waals surface area contributed by atoms with E-state index in [0.29, 0.717) is 0 Å². The topological polar surface area (TPSA) is 12.0 Å². The fourth-order valence-corrected chi connectivity index (χ4v) is 3.88. The third-order valence-electron chi connectivity index (χ3n) is 2.82. The number of thiocarbonyl (C=S) groups is 1. The van der Waals surface area contributed by atoms with E-state index >= 15 is 0 Å². The van der Waals surface area contributed by atoms with Gasteiger partial charge in [-0.1, -0.05) is 48.6 Å². The van der Waals surface area contributed by atoms with Crippen LogP contribution >= 0.6 is 46.9 Å². The average Bonchev–Trinajstić information content (AvgIpc) is 2.89. The average molecular weight is 354 g/mol. The number of thiophene rings is 1. The summed E-state index contributed by atoms with van der Waals surface area (Å²) >= 11 is 15.0. The molecular formula is C16H16ClNS3. The van der Waals surface area contributed by atoms with Crippen LogP contribution in [0.3, 0.4) is 0 Å². The number of hydrogen-bond donors (Lipinski definition) is 1. The zero-order valence-electron chi connectivity index (χ0n) is 11.9. The lowest BCUT2D eigenvalue weighted by Crippen LogP contribution is -2.10. The van der Waals surface area contributed by atoms with Gasteiger partial charge < -0.3 is 5.32 Å². The molecule has 0 amide bonds. The van der Waals surface area contributed by atoms with Gasteiger partial charge in [-0.15, -0.1) is 11.3 Å². The molecule has 0 bridgehead atoms. The second-order valence-electron chi connectivity index (χ2n) is 4.39. The summed E-state index contributed by atoms with van der Waals surface area (Å²) < 4.78 is 0. The maximum Gasteiger partial charge on any atom is 0.112 e. The summed E-state index contributed by atoms with van der Waals surface area (Å²) in [6.45, 7) is 4.19. The van der Waals surface area contributed by atoms with Gasteiger partial charge in [-0.25, -0.2) is 0 Å². The molecule has 0 aliphatic rings. The number of nitrogens with one attached hydrogen (secondary N) is 1. The lowest BCUT2D eigenvalue weighted by molar-refractivity contribution is 1.23. The maximum absolute atomic E-state index is 6.22. The van der Waals surface area contributed by atoms with Crippen LogP contribution in [0.25, 0.3) is 0 Å². The van der Waals surface area contributed by atoms with E-state index in [1.54, 1.807) is 23.1 Å². The van der Waals surface area contributed by atoms with Gasteiger partial charge in [0.2, 0.25) is 0 Å². The van der Waals surface area contributed by atoms with Crippen LogP contribution in [0.4, 0.5) is 5.69 Å². The fraction of sp³-hybridized carbons (Fsp3) is 0.188. The zero-order valence-corrected chi connectivity index (χ0v) is 15.1. The van der Waals surface area contributed by atoms with Gasteiger partial charge in [-0.3, -0.25) is 0 Å². The minimum absolute atomic E-state index is 0.746. The Morgan fingerprint density at radius 3 is 2.90 bits per heavy atom. The molecule has 0 aliphatic carbocycles. The molecule has 0 spiro atoms. The van der Waals surface area contributed by atoms with Crippen molar-refractivity contribution in [3.8, 4) is 0 Å². The molecule has 21 heavy (non-hydrogen) atoms. The van der Waals surface area contributed by atoms with E-state index in [0.717, 1.165) is 32.6 Å². The zero-order chi connectivity index (χ0) is 15.2. The first-order valence-electron chi connectivity index (χ1n) is 6.58. The third kappa shape index (κ3) is 4.58. The third-order valence-corrected chi connectivity index (χ3v) is 5.35. The van der Waals surface area contributed by atoms with E-state index in [1.807, 2.05) is 24.3 Å². The Morgan fingerprint density at radius 2 is 2.24 bits per heavy atom. The van der Waals surface area contributed by atoms with Crippen LogP contribution in [0.1, 0.15) is 23.8 Å². The Bertz CT molecular complexity index is 661. The number of thioether (sulfide) groups is 1. The van der Waals surface area contributed by atoms with Crippen LogP contribution in [0.15, 0.2) is 46.0 Å². The van der Waals surface area contributed by atoms with E-state index in [-0.39, 0.29) is 0 Å². The van der Waals surface area contributed by atoms with Crippen molar-refractivity contribution in [2.45, 2.75) is 25.2 Å². The summed E-state index contributed by atoms with van der Waals surface area (Å²) in [5, 5.41) is 8.15. The van der Waals surface area contributed by atoms with E-state index < -0.39 is 0 Å². The van der Waals surface area contributed by atoms with Crippen molar-refractivity contribution in [3.63, 3.8) is 0 Å². The molecule has 0 atom stereocenters. The first kappa shape index (κ1) is 16.6. The summed E-state index contributed by atoms with van der Waals surface area (Å²) in [6, 6.07) is 7.92. The summed E-state index contributed by atoms with van der Waals surface area (Å²) in [6.07, 6.45) is 3.13. The number of allylic oxidation sites excluding steroid dienone is 1. The van der Waals surface area contributed by atoms with Gasteiger partial charge in [-0.05, 0) is 48.4 Å².